The van der Waals surface area contributed by atoms with Crippen molar-refractivity contribution in [3.8, 4) is 0 Å². The smallest absolute Gasteiger partial charge is 0.294 e. The summed E-state index contributed by atoms with van der Waals surface area (Å²) in [4.78, 5) is 0. The van der Waals surface area contributed by atoms with E-state index in [-0.39, 0.29) is 11.7 Å². The van der Waals surface area contributed by atoms with Gasteiger partial charge in [-0.15, -0.1) is 0 Å². The molecule has 0 aliphatic heterocycles. The van der Waals surface area contributed by atoms with Crippen LogP contribution in [-0.4, -0.2) is 15.5 Å². The summed E-state index contributed by atoms with van der Waals surface area (Å²) in [5.41, 5.74) is 0. The number of halogens is 1. The lowest BCUT2D eigenvalue weighted by atomic mass is 10.5. The SMILES string of the molecule is COCc1ccc(S(=O)(=O)Cl)o1. The van der Waals surface area contributed by atoms with Crippen LogP contribution < -0.4 is 0 Å². The van der Waals surface area contributed by atoms with Crippen LogP contribution in [-0.2, 0) is 20.4 Å². The maximum absolute atomic E-state index is 10.7. The first-order valence-corrected chi connectivity index (χ1v) is 5.37. The maximum atomic E-state index is 10.7. The summed E-state index contributed by atoms with van der Waals surface area (Å²) >= 11 is 0. The van der Waals surface area contributed by atoms with Gasteiger partial charge in [0.15, 0.2) is 0 Å². The Bertz CT molecular complexity index is 353. The predicted molar refractivity (Wildman–Crippen MR) is 42.5 cm³/mol. The highest BCUT2D eigenvalue weighted by Gasteiger charge is 2.14. The minimum Gasteiger partial charge on any atom is -0.446 e. The molecule has 0 aliphatic carbocycles. The molecule has 0 saturated carbocycles. The van der Waals surface area contributed by atoms with E-state index in [1.54, 1.807) is 0 Å². The highest BCUT2D eigenvalue weighted by atomic mass is 35.7. The zero-order valence-electron chi connectivity index (χ0n) is 6.28. The van der Waals surface area contributed by atoms with Crippen LogP contribution in [0, 0.1) is 0 Å². The fourth-order valence-corrected chi connectivity index (χ4v) is 1.40. The summed E-state index contributed by atoms with van der Waals surface area (Å²) < 4.78 is 30.9. The molecule has 6 heteroatoms. The first-order valence-electron chi connectivity index (χ1n) is 3.06. The number of hydrogen-bond acceptors (Lipinski definition) is 4. The van der Waals surface area contributed by atoms with Crippen molar-refractivity contribution in [1.82, 2.24) is 0 Å². The van der Waals surface area contributed by atoms with Gasteiger partial charge in [0.1, 0.15) is 12.4 Å². The number of ether oxygens (including phenoxy) is 1. The van der Waals surface area contributed by atoms with E-state index in [2.05, 4.69) is 0 Å². The van der Waals surface area contributed by atoms with Crippen molar-refractivity contribution >= 4 is 19.7 Å². The van der Waals surface area contributed by atoms with Crippen LogP contribution in [0.3, 0.4) is 0 Å². The molecular formula is C6H7ClO4S. The van der Waals surface area contributed by atoms with Gasteiger partial charge in [0.2, 0.25) is 5.09 Å². The summed E-state index contributed by atoms with van der Waals surface area (Å²) in [6, 6.07) is 2.79. The molecule has 12 heavy (non-hydrogen) atoms. The zero-order valence-corrected chi connectivity index (χ0v) is 7.85. The van der Waals surface area contributed by atoms with Gasteiger partial charge in [-0.2, -0.15) is 0 Å². The molecular weight excluding hydrogens is 204 g/mol. The van der Waals surface area contributed by atoms with Gasteiger partial charge in [-0.25, -0.2) is 8.42 Å². The lowest BCUT2D eigenvalue weighted by Gasteiger charge is -1.91. The molecule has 0 unspecified atom stereocenters. The summed E-state index contributed by atoms with van der Waals surface area (Å²) in [7, 11) is 2.74. The van der Waals surface area contributed by atoms with Gasteiger partial charge in [0.05, 0.1) is 0 Å². The van der Waals surface area contributed by atoms with E-state index in [0.717, 1.165) is 0 Å². The van der Waals surface area contributed by atoms with E-state index in [1.165, 1.54) is 19.2 Å². The van der Waals surface area contributed by atoms with Crippen LogP contribution in [0.5, 0.6) is 0 Å². The normalized spacial score (nSPS) is 11.8. The third-order valence-corrected chi connectivity index (χ3v) is 2.32. The van der Waals surface area contributed by atoms with Gasteiger partial charge in [-0.3, -0.25) is 0 Å². The minimum atomic E-state index is -3.75. The summed E-state index contributed by atoms with van der Waals surface area (Å²) in [6.45, 7) is 0.229. The molecule has 0 radical (unpaired) electrons. The molecule has 0 N–H and O–H groups in total. The van der Waals surface area contributed by atoms with Crippen molar-refractivity contribution in [3.63, 3.8) is 0 Å². The number of methoxy groups -OCH3 is 1. The second kappa shape index (κ2) is 3.47. The second-order valence-corrected chi connectivity index (χ2v) is 4.59. The first-order chi connectivity index (χ1) is 5.54. The molecule has 0 aromatic carbocycles. The number of furan rings is 1. The Hall–Kier alpha value is -0.520. The molecule has 4 nitrogen and oxygen atoms in total. The number of hydrogen-bond donors (Lipinski definition) is 0. The van der Waals surface area contributed by atoms with Crippen LogP contribution >= 0.6 is 10.7 Å². The lowest BCUT2D eigenvalue weighted by Crippen LogP contribution is -1.87. The molecule has 0 bridgehead atoms. The maximum Gasteiger partial charge on any atom is 0.294 e. The van der Waals surface area contributed by atoms with Crippen molar-refractivity contribution < 1.29 is 17.6 Å². The topological polar surface area (TPSA) is 56.5 Å². The fraction of sp³-hybridized carbons (Fsp3) is 0.333. The molecule has 1 rings (SSSR count). The molecule has 0 atom stereocenters. The minimum absolute atomic E-state index is 0.229. The summed E-state index contributed by atoms with van der Waals surface area (Å²) in [5.74, 6) is 0.428. The first kappa shape index (κ1) is 9.57. The van der Waals surface area contributed by atoms with Crippen LogP contribution in [0.2, 0.25) is 0 Å². The van der Waals surface area contributed by atoms with Crippen molar-refractivity contribution in [2.24, 2.45) is 0 Å². The predicted octanol–water partition coefficient (Wildman–Crippen LogP) is 1.35. The molecule has 0 amide bonds. The second-order valence-electron chi connectivity index (χ2n) is 2.09. The molecule has 0 aliphatic rings. The Morgan fingerprint density at radius 1 is 1.58 bits per heavy atom. The van der Waals surface area contributed by atoms with Gasteiger partial charge in [-0.05, 0) is 12.1 Å². The average molecular weight is 211 g/mol. The quantitative estimate of drug-likeness (QED) is 0.707. The standard InChI is InChI=1S/C6H7ClO4S/c1-10-4-5-2-3-6(11-5)12(7,8)9/h2-3H,4H2,1H3. The Morgan fingerprint density at radius 2 is 2.25 bits per heavy atom. The third kappa shape index (κ3) is 2.23. The van der Waals surface area contributed by atoms with Crippen LogP contribution in [0.1, 0.15) is 5.76 Å². The highest BCUT2D eigenvalue weighted by Crippen LogP contribution is 2.18. The Kier molecular flexibility index (Phi) is 2.76. The van der Waals surface area contributed by atoms with E-state index in [0.29, 0.717) is 5.76 Å². The van der Waals surface area contributed by atoms with Crippen molar-refractivity contribution in [1.29, 1.82) is 0 Å². The number of rotatable bonds is 3. The molecule has 0 spiro atoms. The fourth-order valence-electron chi connectivity index (χ4n) is 0.709. The van der Waals surface area contributed by atoms with E-state index in [4.69, 9.17) is 19.8 Å². The van der Waals surface area contributed by atoms with Crippen LogP contribution in [0.4, 0.5) is 0 Å². The third-order valence-electron chi connectivity index (χ3n) is 1.16. The van der Waals surface area contributed by atoms with E-state index in [1.807, 2.05) is 0 Å². The van der Waals surface area contributed by atoms with Crippen LogP contribution in [0.25, 0.3) is 0 Å². The van der Waals surface area contributed by atoms with E-state index >= 15 is 0 Å². The monoisotopic (exact) mass is 210 g/mol. The Morgan fingerprint density at radius 3 is 2.67 bits per heavy atom. The summed E-state index contributed by atoms with van der Waals surface area (Å²) in [5, 5.41) is -0.254. The van der Waals surface area contributed by atoms with Gasteiger partial charge in [0, 0.05) is 17.8 Å². The average Bonchev–Trinajstić information content (AvgIpc) is 2.35. The largest absolute Gasteiger partial charge is 0.446 e. The van der Waals surface area contributed by atoms with Crippen molar-refractivity contribution in [3.05, 3.63) is 17.9 Å². The van der Waals surface area contributed by atoms with Crippen molar-refractivity contribution in [2.45, 2.75) is 11.7 Å². The van der Waals surface area contributed by atoms with Gasteiger partial charge >= 0.3 is 0 Å². The van der Waals surface area contributed by atoms with Gasteiger partial charge in [-0.1, -0.05) is 0 Å². The van der Waals surface area contributed by atoms with E-state index < -0.39 is 9.05 Å². The molecule has 68 valence electrons. The Labute approximate surface area is 74.5 Å². The molecule has 0 saturated heterocycles. The molecule has 1 aromatic rings. The van der Waals surface area contributed by atoms with Gasteiger partial charge in [0.25, 0.3) is 9.05 Å². The molecule has 1 heterocycles. The highest BCUT2D eigenvalue weighted by molar-refractivity contribution is 8.13. The zero-order chi connectivity index (χ0) is 9.19. The van der Waals surface area contributed by atoms with Crippen LogP contribution in [0.15, 0.2) is 21.6 Å². The van der Waals surface area contributed by atoms with E-state index in [9.17, 15) is 8.42 Å². The van der Waals surface area contributed by atoms with Gasteiger partial charge < -0.3 is 9.15 Å². The Balaban J connectivity index is 2.92. The molecule has 0 fully saturated rings. The lowest BCUT2D eigenvalue weighted by molar-refractivity contribution is 0.159. The molecule has 1 aromatic heterocycles. The van der Waals surface area contributed by atoms with Crippen molar-refractivity contribution in [2.75, 3.05) is 7.11 Å². The summed E-state index contributed by atoms with van der Waals surface area (Å²) in [6.07, 6.45) is 0.